The van der Waals surface area contributed by atoms with Crippen molar-refractivity contribution in [1.82, 2.24) is 20.0 Å². The topological polar surface area (TPSA) is 97.0 Å². The van der Waals surface area contributed by atoms with Crippen molar-refractivity contribution in [3.8, 4) is 11.3 Å². The van der Waals surface area contributed by atoms with Gasteiger partial charge in [0.2, 0.25) is 5.91 Å². The summed E-state index contributed by atoms with van der Waals surface area (Å²) in [6, 6.07) is 22.2. The van der Waals surface area contributed by atoms with Gasteiger partial charge in [-0.1, -0.05) is 53.2 Å². The number of oxazole rings is 1. The zero-order valence-corrected chi connectivity index (χ0v) is 18.1. The van der Waals surface area contributed by atoms with Crippen molar-refractivity contribution < 1.29 is 9.21 Å². The van der Waals surface area contributed by atoms with Crippen LogP contribution in [0.4, 0.5) is 5.69 Å². The lowest BCUT2D eigenvalue weighted by molar-refractivity contribution is -0.119. The Hall–Kier alpha value is -4.17. The van der Waals surface area contributed by atoms with Gasteiger partial charge in [-0.25, -0.2) is 9.48 Å². The Labute approximate surface area is 193 Å². The molecule has 0 unspecified atom stereocenters. The fraction of sp³-hybridized carbons (Fsp3) is 0.0833. The van der Waals surface area contributed by atoms with Gasteiger partial charge < -0.3 is 9.32 Å². The molecule has 0 aliphatic rings. The lowest BCUT2D eigenvalue weighted by Gasteiger charge is -2.23. The highest BCUT2D eigenvalue weighted by Crippen LogP contribution is 2.24. The third kappa shape index (κ3) is 4.42. The van der Waals surface area contributed by atoms with Crippen LogP contribution in [-0.4, -0.2) is 25.9 Å². The van der Waals surface area contributed by atoms with Gasteiger partial charge in [-0.3, -0.25) is 9.78 Å². The van der Waals surface area contributed by atoms with E-state index in [4.69, 9.17) is 16.0 Å². The van der Waals surface area contributed by atoms with E-state index in [2.05, 4.69) is 15.3 Å². The first-order valence-corrected chi connectivity index (χ1v) is 10.6. The summed E-state index contributed by atoms with van der Waals surface area (Å²) in [6.45, 7) is 0.353. The number of nitrogens with one attached hydrogen (secondary N) is 1. The van der Waals surface area contributed by atoms with E-state index in [0.29, 0.717) is 22.9 Å². The minimum Gasteiger partial charge on any atom is -0.416 e. The summed E-state index contributed by atoms with van der Waals surface area (Å²) in [7, 11) is 0. The van der Waals surface area contributed by atoms with E-state index < -0.39 is 5.76 Å². The molecular weight excluding hydrogens is 442 g/mol. The molecule has 0 radical (unpaired) electrons. The fourth-order valence-corrected chi connectivity index (χ4v) is 3.84. The van der Waals surface area contributed by atoms with Crippen LogP contribution >= 0.6 is 11.6 Å². The molecule has 0 saturated carbocycles. The smallest absolute Gasteiger partial charge is 0.416 e. The molecule has 0 saturated heterocycles. The Bertz CT molecular complexity index is 1490. The number of fused-ring (bicyclic) bond motifs is 1. The van der Waals surface area contributed by atoms with Crippen LogP contribution in [0, 0.1) is 0 Å². The predicted octanol–water partition coefficient (Wildman–Crippen LogP) is 4.27. The van der Waals surface area contributed by atoms with Gasteiger partial charge in [0.1, 0.15) is 18.3 Å². The van der Waals surface area contributed by atoms with E-state index >= 15 is 0 Å². The highest BCUT2D eigenvalue weighted by atomic mass is 35.5. The Balaban J connectivity index is 1.47. The summed E-state index contributed by atoms with van der Waals surface area (Å²) in [5, 5.41) is 8.87. The van der Waals surface area contributed by atoms with Crippen LogP contribution in [0.25, 0.3) is 22.3 Å². The lowest BCUT2D eigenvalue weighted by Crippen LogP contribution is -2.33. The number of benzene rings is 3. The number of anilines is 1. The van der Waals surface area contributed by atoms with Gasteiger partial charge in [-0.15, -0.1) is 5.10 Å². The molecule has 5 rings (SSSR count). The monoisotopic (exact) mass is 459 g/mol. The molecule has 2 heterocycles. The van der Waals surface area contributed by atoms with Crippen molar-refractivity contribution in [2.24, 2.45) is 0 Å². The summed E-state index contributed by atoms with van der Waals surface area (Å²) >= 11 is 6.16. The molecular formula is C24H18ClN5O3. The van der Waals surface area contributed by atoms with Gasteiger partial charge in [0.25, 0.3) is 0 Å². The van der Waals surface area contributed by atoms with Crippen LogP contribution in [0.15, 0.2) is 88.3 Å². The zero-order valence-electron chi connectivity index (χ0n) is 17.3. The number of halogens is 1. The number of aromatic amines is 1. The molecule has 0 bridgehead atoms. The quantitative estimate of drug-likeness (QED) is 0.409. The molecule has 2 aromatic heterocycles. The lowest BCUT2D eigenvalue weighted by atomic mass is 10.1. The molecule has 9 heteroatoms. The molecule has 0 fully saturated rings. The van der Waals surface area contributed by atoms with Crippen molar-refractivity contribution in [2.75, 3.05) is 4.90 Å². The maximum absolute atomic E-state index is 13.4. The number of carbonyl (C=O) groups excluding carboxylic acids is 1. The van der Waals surface area contributed by atoms with Gasteiger partial charge in [0.15, 0.2) is 0 Å². The number of amides is 1. The molecule has 0 aliphatic carbocycles. The average Bonchev–Trinajstić information content (AvgIpc) is 3.44. The normalized spacial score (nSPS) is 11.1. The van der Waals surface area contributed by atoms with Crippen molar-refractivity contribution in [3.63, 3.8) is 0 Å². The van der Waals surface area contributed by atoms with Crippen LogP contribution in [0.3, 0.4) is 0 Å². The Morgan fingerprint density at radius 2 is 1.88 bits per heavy atom. The molecule has 8 nitrogen and oxygen atoms in total. The van der Waals surface area contributed by atoms with Crippen LogP contribution in [0.1, 0.15) is 5.56 Å². The molecule has 1 amide bonds. The van der Waals surface area contributed by atoms with Gasteiger partial charge in [-0.05, 0) is 42.0 Å². The summed E-state index contributed by atoms with van der Waals surface area (Å²) in [6.07, 6.45) is 1.36. The minimum absolute atomic E-state index is 0.0257. The van der Waals surface area contributed by atoms with Crippen molar-refractivity contribution in [2.45, 2.75) is 13.1 Å². The second-order valence-electron chi connectivity index (χ2n) is 7.45. The van der Waals surface area contributed by atoms with E-state index in [-0.39, 0.29) is 12.5 Å². The SMILES string of the molecule is O=C(Cn1nnc2ccccc21)N(Cc1cccc(Cl)c1)c1ccc(-c2coc(=O)[nH]2)cc1. The first-order chi connectivity index (χ1) is 16.1. The average molecular weight is 460 g/mol. The summed E-state index contributed by atoms with van der Waals surface area (Å²) in [5.74, 6) is -0.679. The first-order valence-electron chi connectivity index (χ1n) is 10.2. The fourth-order valence-electron chi connectivity index (χ4n) is 3.63. The molecule has 5 aromatic rings. The van der Waals surface area contributed by atoms with E-state index in [1.54, 1.807) is 15.6 Å². The third-order valence-corrected chi connectivity index (χ3v) is 5.48. The van der Waals surface area contributed by atoms with Crippen LogP contribution in [-0.2, 0) is 17.9 Å². The van der Waals surface area contributed by atoms with E-state index in [9.17, 15) is 9.59 Å². The summed E-state index contributed by atoms with van der Waals surface area (Å²) in [4.78, 5) is 29.0. The highest BCUT2D eigenvalue weighted by Gasteiger charge is 2.19. The molecule has 0 atom stereocenters. The Morgan fingerprint density at radius 1 is 1.06 bits per heavy atom. The minimum atomic E-state index is -0.521. The molecule has 0 spiro atoms. The number of H-pyrrole nitrogens is 1. The maximum atomic E-state index is 13.4. The number of hydrogen-bond acceptors (Lipinski definition) is 5. The summed E-state index contributed by atoms with van der Waals surface area (Å²) < 4.78 is 6.41. The van der Waals surface area contributed by atoms with Gasteiger partial charge in [0, 0.05) is 16.3 Å². The number of carbonyl (C=O) groups is 1. The van der Waals surface area contributed by atoms with Gasteiger partial charge >= 0.3 is 5.76 Å². The first kappa shape index (κ1) is 20.7. The second kappa shape index (κ2) is 8.76. The molecule has 1 N–H and O–H groups in total. The molecule has 3 aromatic carbocycles. The zero-order chi connectivity index (χ0) is 22.8. The van der Waals surface area contributed by atoms with Crippen molar-refractivity contribution in [3.05, 3.63) is 100 Å². The summed E-state index contributed by atoms with van der Waals surface area (Å²) in [5.41, 5.74) is 4.43. The largest absolute Gasteiger partial charge is 0.416 e. The Morgan fingerprint density at radius 3 is 2.64 bits per heavy atom. The number of aromatic nitrogens is 4. The van der Waals surface area contributed by atoms with Crippen molar-refractivity contribution >= 4 is 34.2 Å². The second-order valence-corrected chi connectivity index (χ2v) is 7.89. The molecule has 33 heavy (non-hydrogen) atoms. The van der Waals surface area contributed by atoms with Crippen molar-refractivity contribution in [1.29, 1.82) is 0 Å². The highest BCUT2D eigenvalue weighted by molar-refractivity contribution is 6.30. The number of rotatable bonds is 6. The van der Waals surface area contributed by atoms with Crippen LogP contribution in [0.2, 0.25) is 5.02 Å². The van der Waals surface area contributed by atoms with Gasteiger partial charge in [0.05, 0.1) is 17.8 Å². The number of hydrogen-bond donors (Lipinski definition) is 1. The predicted molar refractivity (Wildman–Crippen MR) is 125 cm³/mol. The van der Waals surface area contributed by atoms with E-state index in [0.717, 1.165) is 22.2 Å². The molecule has 0 aliphatic heterocycles. The van der Waals surface area contributed by atoms with Gasteiger partial charge in [-0.2, -0.15) is 0 Å². The number of nitrogens with zero attached hydrogens (tertiary/aromatic N) is 4. The molecule has 164 valence electrons. The van der Waals surface area contributed by atoms with Crippen LogP contribution in [0.5, 0.6) is 0 Å². The third-order valence-electron chi connectivity index (χ3n) is 5.25. The van der Waals surface area contributed by atoms with Crippen LogP contribution < -0.4 is 10.7 Å². The van der Waals surface area contributed by atoms with E-state index in [1.807, 2.05) is 66.7 Å². The number of para-hydroxylation sites is 1. The van der Waals surface area contributed by atoms with E-state index in [1.165, 1.54) is 6.26 Å². The standard InChI is InChI=1S/C24H18ClN5O3/c25-18-5-3-4-16(12-18)13-29(19-10-8-17(9-11-19)21-15-33-24(32)26-21)23(31)14-30-22-7-2-1-6-20(22)27-28-30/h1-12,15H,13-14H2,(H,26,32). The Kier molecular flexibility index (Phi) is 5.50. The maximum Gasteiger partial charge on any atom is 0.416 e.